The molecule has 0 aliphatic carbocycles. The minimum absolute atomic E-state index is 0.131. The summed E-state index contributed by atoms with van der Waals surface area (Å²) in [6, 6.07) is 16.8. The maximum Gasteiger partial charge on any atom is 0.266 e. The Balaban J connectivity index is 1.63. The normalized spacial score (nSPS) is 12.9. The van der Waals surface area contributed by atoms with Crippen LogP contribution in [0.2, 0.25) is 0 Å². The van der Waals surface area contributed by atoms with Crippen LogP contribution in [0.1, 0.15) is 31.1 Å². The topological polar surface area (TPSA) is 66.5 Å². The first-order chi connectivity index (χ1) is 13.5. The summed E-state index contributed by atoms with van der Waals surface area (Å²) in [4.78, 5) is 38.8. The number of rotatable bonds is 3. The predicted molar refractivity (Wildman–Crippen MR) is 106 cm³/mol. The molecule has 1 N–H and O–H groups in total. The number of nitrogens with one attached hydrogen (secondary N) is 1. The highest BCUT2D eigenvalue weighted by Gasteiger charge is 2.36. The van der Waals surface area contributed by atoms with E-state index in [1.165, 1.54) is 18.2 Å². The zero-order chi connectivity index (χ0) is 19.8. The number of nitrogens with zero attached hydrogens (tertiary/aromatic N) is 1. The summed E-state index contributed by atoms with van der Waals surface area (Å²) >= 11 is 3.22. The van der Waals surface area contributed by atoms with Gasteiger partial charge in [0, 0.05) is 10.2 Å². The quantitative estimate of drug-likeness (QED) is 0.605. The molecule has 0 fully saturated rings. The van der Waals surface area contributed by atoms with Crippen molar-refractivity contribution in [1.29, 1.82) is 0 Å². The fraction of sp³-hybridized carbons (Fsp3) is 0. The minimum Gasteiger partial charge on any atom is -0.322 e. The molecular formula is C21H12BrFN2O3. The SMILES string of the molecule is O=C(Nc1cccc(N2C(=O)c3ccccc3C2=O)c1)c1cc(F)ccc1Br. The summed E-state index contributed by atoms with van der Waals surface area (Å²) in [5, 5.41) is 2.66. The van der Waals surface area contributed by atoms with E-state index >= 15 is 0 Å². The Morgan fingerprint density at radius 3 is 2.25 bits per heavy atom. The number of carbonyl (C=O) groups is 3. The molecule has 1 aliphatic heterocycles. The number of anilines is 2. The number of imide groups is 1. The fourth-order valence-electron chi connectivity index (χ4n) is 3.02. The van der Waals surface area contributed by atoms with E-state index in [1.807, 2.05) is 0 Å². The van der Waals surface area contributed by atoms with Gasteiger partial charge in [0.2, 0.25) is 0 Å². The van der Waals surface area contributed by atoms with Crippen LogP contribution in [-0.4, -0.2) is 17.7 Å². The number of hydrogen-bond acceptors (Lipinski definition) is 3. The highest BCUT2D eigenvalue weighted by atomic mass is 79.9. The Bertz CT molecular complexity index is 1110. The molecule has 3 aromatic rings. The molecule has 3 aromatic carbocycles. The van der Waals surface area contributed by atoms with E-state index in [1.54, 1.807) is 42.5 Å². The summed E-state index contributed by atoms with van der Waals surface area (Å²) in [5.41, 5.74) is 1.51. The smallest absolute Gasteiger partial charge is 0.266 e. The molecule has 28 heavy (non-hydrogen) atoms. The Labute approximate surface area is 167 Å². The maximum atomic E-state index is 13.4. The molecule has 0 saturated heterocycles. The number of hydrogen-bond donors (Lipinski definition) is 1. The van der Waals surface area contributed by atoms with E-state index in [-0.39, 0.29) is 5.56 Å². The molecule has 1 aliphatic rings. The Morgan fingerprint density at radius 1 is 0.893 bits per heavy atom. The van der Waals surface area contributed by atoms with Crippen molar-refractivity contribution in [3.05, 3.63) is 93.7 Å². The van der Waals surface area contributed by atoms with Gasteiger partial charge >= 0.3 is 0 Å². The van der Waals surface area contributed by atoms with Crippen LogP contribution >= 0.6 is 15.9 Å². The van der Waals surface area contributed by atoms with Gasteiger partial charge in [-0.3, -0.25) is 14.4 Å². The van der Waals surface area contributed by atoms with Gasteiger partial charge in [-0.2, -0.15) is 0 Å². The van der Waals surface area contributed by atoms with Crippen LogP contribution in [-0.2, 0) is 0 Å². The third-order valence-corrected chi connectivity index (χ3v) is 5.02. The number of amides is 3. The first kappa shape index (κ1) is 18.1. The van der Waals surface area contributed by atoms with Crippen LogP contribution in [0.4, 0.5) is 15.8 Å². The van der Waals surface area contributed by atoms with Crippen molar-refractivity contribution in [2.24, 2.45) is 0 Å². The lowest BCUT2D eigenvalue weighted by molar-refractivity contribution is 0.0925. The molecule has 0 bridgehead atoms. The fourth-order valence-corrected chi connectivity index (χ4v) is 3.44. The van der Waals surface area contributed by atoms with Gasteiger partial charge in [0.1, 0.15) is 5.82 Å². The van der Waals surface area contributed by atoms with Crippen molar-refractivity contribution in [3.63, 3.8) is 0 Å². The largest absolute Gasteiger partial charge is 0.322 e. The molecule has 0 aromatic heterocycles. The zero-order valence-corrected chi connectivity index (χ0v) is 15.9. The van der Waals surface area contributed by atoms with Gasteiger partial charge in [-0.15, -0.1) is 0 Å². The van der Waals surface area contributed by atoms with Crippen molar-refractivity contribution in [3.8, 4) is 0 Å². The number of fused-ring (bicyclic) bond motifs is 1. The summed E-state index contributed by atoms with van der Waals surface area (Å²) in [6.45, 7) is 0. The van der Waals surface area contributed by atoms with Crippen LogP contribution < -0.4 is 10.2 Å². The molecule has 4 rings (SSSR count). The van der Waals surface area contributed by atoms with E-state index in [2.05, 4.69) is 21.2 Å². The first-order valence-corrected chi connectivity index (χ1v) is 9.09. The lowest BCUT2D eigenvalue weighted by atomic mass is 10.1. The van der Waals surface area contributed by atoms with Crippen molar-refractivity contribution in [2.75, 3.05) is 10.2 Å². The molecular weight excluding hydrogens is 427 g/mol. The lowest BCUT2D eigenvalue weighted by Gasteiger charge is -2.15. The van der Waals surface area contributed by atoms with Gasteiger partial charge in [-0.1, -0.05) is 18.2 Å². The second kappa shape index (κ2) is 7.01. The van der Waals surface area contributed by atoms with Crippen LogP contribution in [0.5, 0.6) is 0 Å². The maximum absolute atomic E-state index is 13.4. The molecule has 1 heterocycles. The highest BCUT2D eigenvalue weighted by Crippen LogP contribution is 2.30. The molecule has 0 saturated carbocycles. The molecule has 138 valence electrons. The third kappa shape index (κ3) is 3.10. The number of carbonyl (C=O) groups excluding carboxylic acids is 3. The molecule has 7 heteroatoms. The van der Waals surface area contributed by atoms with Crippen molar-refractivity contribution >= 4 is 45.0 Å². The van der Waals surface area contributed by atoms with Gasteiger partial charge < -0.3 is 5.32 Å². The van der Waals surface area contributed by atoms with E-state index in [0.717, 1.165) is 11.0 Å². The molecule has 0 atom stereocenters. The summed E-state index contributed by atoms with van der Waals surface area (Å²) in [5.74, 6) is -1.90. The molecule has 0 spiro atoms. The van der Waals surface area contributed by atoms with Gasteiger partial charge in [0.25, 0.3) is 17.7 Å². The van der Waals surface area contributed by atoms with Crippen molar-refractivity contribution in [2.45, 2.75) is 0 Å². The second-order valence-corrected chi connectivity index (χ2v) is 6.97. The average molecular weight is 439 g/mol. The molecule has 5 nitrogen and oxygen atoms in total. The van der Waals surface area contributed by atoms with E-state index < -0.39 is 23.5 Å². The van der Waals surface area contributed by atoms with Crippen LogP contribution in [0.3, 0.4) is 0 Å². The lowest BCUT2D eigenvalue weighted by Crippen LogP contribution is -2.29. The monoisotopic (exact) mass is 438 g/mol. The van der Waals surface area contributed by atoms with E-state index in [0.29, 0.717) is 27.0 Å². The van der Waals surface area contributed by atoms with Crippen molar-refractivity contribution < 1.29 is 18.8 Å². The third-order valence-electron chi connectivity index (χ3n) is 4.33. The van der Waals surface area contributed by atoms with Crippen LogP contribution in [0.25, 0.3) is 0 Å². The highest BCUT2D eigenvalue weighted by molar-refractivity contribution is 9.10. The standard InChI is InChI=1S/C21H12BrFN2O3/c22-18-9-8-12(23)10-17(18)19(26)24-13-4-3-5-14(11-13)25-20(27)15-6-1-2-7-16(15)21(25)28/h1-11H,(H,24,26). The molecule has 0 unspecified atom stereocenters. The zero-order valence-electron chi connectivity index (χ0n) is 14.3. The average Bonchev–Trinajstić information content (AvgIpc) is 2.95. The van der Waals surface area contributed by atoms with Gasteiger partial charge in [-0.25, -0.2) is 9.29 Å². The number of halogens is 2. The van der Waals surface area contributed by atoms with E-state index in [9.17, 15) is 18.8 Å². The minimum atomic E-state index is -0.534. The summed E-state index contributed by atoms with van der Waals surface area (Å²) in [7, 11) is 0. The van der Waals surface area contributed by atoms with Gasteiger partial charge in [-0.05, 0) is 64.5 Å². The summed E-state index contributed by atoms with van der Waals surface area (Å²) in [6.07, 6.45) is 0. The first-order valence-electron chi connectivity index (χ1n) is 8.30. The van der Waals surface area contributed by atoms with Crippen molar-refractivity contribution in [1.82, 2.24) is 0 Å². The van der Waals surface area contributed by atoms with E-state index in [4.69, 9.17) is 0 Å². The molecule has 3 amide bonds. The second-order valence-electron chi connectivity index (χ2n) is 6.12. The Hall–Kier alpha value is -3.32. The Morgan fingerprint density at radius 2 is 1.57 bits per heavy atom. The molecule has 0 radical (unpaired) electrons. The summed E-state index contributed by atoms with van der Waals surface area (Å²) < 4.78 is 13.9. The predicted octanol–water partition coefficient (Wildman–Crippen LogP) is 4.64. The Kier molecular flexibility index (Phi) is 4.52. The number of benzene rings is 3. The van der Waals surface area contributed by atoms with Gasteiger partial charge in [0.15, 0.2) is 0 Å². The van der Waals surface area contributed by atoms with Crippen LogP contribution in [0, 0.1) is 5.82 Å². The van der Waals surface area contributed by atoms with Crippen LogP contribution in [0.15, 0.2) is 71.2 Å². The van der Waals surface area contributed by atoms with Gasteiger partial charge in [0.05, 0.1) is 22.4 Å².